The van der Waals surface area contributed by atoms with Crippen LogP contribution in [0.3, 0.4) is 0 Å². The molecule has 0 aliphatic rings. The van der Waals surface area contributed by atoms with Crippen LogP contribution in [0.1, 0.15) is 20.8 Å². The van der Waals surface area contributed by atoms with Crippen LogP contribution in [0.5, 0.6) is 0 Å². The van der Waals surface area contributed by atoms with Gasteiger partial charge in [0.2, 0.25) is 0 Å². The molecule has 3 unspecified atom stereocenters. The van der Waals surface area contributed by atoms with Crippen molar-refractivity contribution in [1.29, 1.82) is 0 Å². The second kappa shape index (κ2) is 11.9. The standard InChI is InChI=1S/C14H25F6NO8S2/c1-10(7-27-8-11(2)29-9-12(3)28-6-5-26-4)21(30(22,23)13(15,16)17)31(24,25)14(18,19)20/h10-12H,5-9H2,1-4H3. The van der Waals surface area contributed by atoms with Crippen molar-refractivity contribution >= 4 is 20.0 Å². The summed E-state index contributed by atoms with van der Waals surface area (Å²) in [4.78, 5) is 0. The van der Waals surface area contributed by atoms with Gasteiger partial charge >= 0.3 is 31.1 Å². The van der Waals surface area contributed by atoms with Crippen molar-refractivity contribution in [2.24, 2.45) is 0 Å². The summed E-state index contributed by atoms with van der Waals surface area (Å²) in [6.07, 6.45) is -1.08. The Morgan fingerprint density at radius 1 is 0.742 bits per heavy atom. The molecule has 0 fully saturated rings. The lowest BCUT2D eigenvalue weighted by atomic mass is 10.4. The van der Waals surface area contributed by atoms with Crippen LogP contribution in [0, 0.1) is 0 Å². The number of rotatable bonds is 14. The monoisotopic (exact) mass is 513 g/mol. The molecule has 9 nitrogen and oxygen atoms in total. The van der Waals surface area contributed by atoms with E-state index in [0.29, 0.717) is 20.1 Å². The lowest BCUT2D eigenvalue weighted by Gasteiger charge is -2.29. The highest BCUT2D eigenvalue weighted by Gasteiger charge is 2.62. The third-order valence-corrected chi connectivity index (χ3v) is 7.45. The third kappa shape index (κ3) is 8.97. The molecule has 0 N–H and O–H groups in total. The van der Waals surface area contributed by atoms with E-state index < -0.39 is 53.5 Å². The molecule has 17 heteroatoms. The zero-order valence-corrected chi connectivity index (χ0v) is 18.7. The molecule has 31 heavy (non-hydrogen) atoms. The van der Waals surface area contributed by atoms with Crippen LogP contribution in [-0.2, 0) is 39.0 Å². The average molecular weight is 513 g/mol. The lowest BCUT2D eigenvalue weighted by molar-refractivity contribution is -0.0679. The number of halogens is 6. The zero-order valence-electron chi connectivity index (χ0n) is 17.1. The second-order valence-electron chi connectivity index (χ2n) is 6.33. The fraction of sp³-hybridized carbons (Fsp3) is 1.00. The molecule has 0 aliphatic carbocycles. The topological polar surface area (TPSA) is 108 Å². The van der Waals surface area contributed by atoms with E-state index in [1.54, 1.807) is 6.92 Å². The number of hydrogen-bond acceptors (Lipinski definition) is 8. The molecule has 0 bridgehead atoms. The van der Waals surface area contributed by atoms with Crippen molar-refractivity contribution < 1.29 is 62.1 Å². The average Bonchev–Trinajstić information content (AvgIpc) is 2.57. The van der Waals surface area contributed by atoms with Crippen molar-refractivity contribution in [3.63, 3.8) is 0 Å². The molecule has 0 spiro atoms. The Labute approximate surface area is 176 Å². The van der Waals surface area contributed by atoms with Gasteiger partial charge in [0.25, 0.3) is 0 Å². The molecule has 0 aromatic carbocycles. The molecule has 0 aromatic rings. The van der Waals surface area contributed by atoms with E-state index in [2.05, 4.69) is 0 Å². The summed E-state index contributed by atoms with van der Waals surface area (Å²) in [7, 11) is -12.3. The van der Waals surface area contributed by atoms with E-state index in [9.17, 15) is 43.2 Å². The maximum atomic E-state index is 12.8. The van der Waals surface area contributed by atoms with E-state index in [4.69, 9.17) is 18.9 Å². The summed E-state index contributed by atoms with van der Waals surface area (Å²) in [6, 6.07) is -2.35. The highest BCUT2D eigenvalue weighted by Crippen LogP contribution is 2.36. The van der Waals surface area contributed by atoms with Gasteiger partial charge in [-0.15, -0.1) is 0 Å². The van der Waals surface area contributed by atoms with Gasteiger partial charge in [-0.2, -0.15) is 26.3 Å². The summed E-state index contributed by atoms with van der Waals surface area (Å²) in [5.41, 5.74) is -12.6. The summed E-state index contributed by atoms with van der Waals surface area (Å²) < 4.78 is 141. The molecule has 0 aliphatic heterocycles. The predicted octanol–water partition coefficient (Wildman–Crippen LogP) is 1.85. The van der Waals surface area contributed by atoms with Gasteiger partial charge in [0.05, 0.1) is 51.3 Å². The number of nitrogens with zero attached hydrogens (tertiary/aromatic N) is 1. The van der Waals surface area contributed by atoms with E-state index in [-0.39, 0.29) is 19.3 Å². The van der Waals surface area contributed by atoms with Crippen molar-refractivity contribution in [3.8, 4) is 0 Å². The smallest absolute Gasteiger partial charge is 0.382 e. The second-order valence-corrected chi connectivity index (χ2v) is 10.2. The first-order chi connectivity index (χ1) is 13.9. The Bertz CT molecular complexity index is 697. The fourth-order valence-corrected chi connectivity index (χ4v) is 5.02. The van der Waals surface area contributed by atoms with Crippen LogP contribution in [0.25, 0.3) is 0 Å². The van der Waals surface area contributed by atoms with Crippen LogP contribution in [0.15, 0.2) is 0 Å². The van der Waals surface area contributed by atoms with Gasteiger partial charge in [-0.05, 0) is 20.8 Å². The molecular formula is C14H25F6NO8S2. The largest absolute Gasteiger partial charge is 0.512 e. The van der Waals surface area contributed by atoms with Crippen LogP contribution in [0.4, 0.5) is 26.3 Å². The normalized spacial score (nSPS) is 17.0. The minimum absolute atomic E-state index is 0.0703. The van der Waals surface area contributed by atoms with Gasteiger partial charge in [-0.1, -0.05) is 3.71 Å². The van der Waals surface area contributed by atoms with Gasteiger partial charge in [0.15, 0.2) is 0 Å². The number of sulfonamides is 2. The molecule has 0 aromatic heterocycles. The van der Waals surface area contributed by atoms with Crippen molar-refractivity contribution in [2.45, 2.75) is 50.0 Å². The molecule has 3 atom stereocenters. The number of ether oxygens (including phenoxy) is 4. The minimum atomic E-state index is -6.87. The highest BCUT2D eigenvalue weighted by atomic mass is 32.3. The summed E-state index contributed by atoms with van der Waals surface area (Å²) in [5, 5.41) is 0. The van der Waals surface area contributed by atoms with Gasteiger partial charge in [-0.3, -0.25) is 0 Å². The molecular weight excluding hydrogens is 488 g/mol. The summed E-state index contributed by atoms with van der Waals surface area (Å²) in [5.74, 6) is 0. The molecule has 0 saturated carbocycles. The molecule has 188 valence electrons. The van der Waals surface area contributed by atoms with Crippen LogP contribution in [-0.4, -0.2) is 90.0 Å². The van der Waals surface area contributed by atoms with E-state index in [0.717, 1.165) is 0 Å². The van der Waals surface area contributed by atoms with E-state index in [1.807, 2.05) is 0 Å². The SMILES string of the molecule is COCCOC(C)COC(C)COCC(C)N(S(=O)(=O)C(F)(F)F)S(=O)(=O)C(F)(F)F. The first-order valence-electron chi connectivity index (χ1n) is 8.61. The van der Waals surface area contributed by atoms with Crippen LogP contribution < -0.4 is 0 Å². The zero-order chi connectivity index (χ0) is 24.7. The molecule has 0 amide bonds. The minimum Gasteiger partial charge on any atom is -0.382 e. The number of alkyl halides is 6. The highest BCUT2D eigenvalue weighted by molar-refractivity contribution is 8.04. The fourth-order valence-electron chi connectivity index (χ4n) is 2.00. The maximum absolute atomic E-state index is 12.8. The quantitative estimate of drug-likeness (QED) is 0.256. The van der Waals surface area contributed by atoms with Gasteiger partial charge < -0.3 is 18.9 Å². The first-order valence-corrected chi connectivity index (χ1v) is 11.5. The van der Waals surface area contributed by atoms with E-state index in [1.165, 1.54) is 14.0 Å². The molecule has 0 heterocycles. The summed E-state index contributed by atoms with van der Waals surface area (Å²) in [6.45, 7) is 2.92. The number of hydrogen-bond donors (Lipinski definition) is 0. The Morgan fingerprint density at radius 2 is 1.19 bits per heavy atom. The van der Waals surface area contributed by atoms with E-state index >= 15 is 0 Å². The predicted molar refractivity (Wildman–Crippen MR) is 94.8 cm³/mol. The molecule has 0 rings (SSSR count). The Balaban J connectivity index is 5.07. The summed E-state index contributed by atoms with van der Waals surface area (Å²) >= 11 is 0. The molecule has 0 saturated heterocycles. The van der Waals surface area contributed by atoms with Crippen LogP contribution >= 0.6 is 0 Å². The molecule has 0 radical (unpaired) electrons. The van der Waals surface area contributed by atoms with Crippen molar-refractivity contribution in [3.05, 3.63) is 0 Å². The third-order valence-electron chi connectivity index (χ3n) is 3.44. The number of methoxy groups -OCH3 is 1. The van der Waals surface area contributed by atoms with Crippen LogP contribution in [0.2, 0.25) is 0 Å². The van der Waals surface area contributed by atoms with Crippen molar-refractivity contribution in [1.82, 2.24) is 3.71 Å². The van der Waals surface area contributed by atoms with Gasteiger partial charge in [-0.25, -0.2) is 16.8 Å². The first kappa shape index (κ1) is 30.3. The Hall–Kier alpha value is -0.720. The Kier molecular flexibility index (Phi) is 11.7. The van der Waals surface area contributed by atoms with Crippen molar-refractivity contribution in [2.75, 3.05) is 40.1 Å². The maximum Gasteiger partial charge on any atom is 0.512 e. The lowest BCUT2D eigenvalue weighted by Crippen LogP contribution is -2.54. The Morgan fingerprint density at radius 3 is 1.61 bits per heavy atom. The van der Waals surface area contributed by atoms with Gasteiger partial charge in [0.1, 0.15) is 0 Å². The van der Waals surface area contributed by atoms with Gasteiger partial charge in [0, 0.05) is 7.11 Å².